The predicted molar refractivity (Wildman–Crippen MR) is 49.3 cm³/mol. The highest BCUT2D eigenvalue weighted by molar-refractivity contribution is 6.32. The van der Waals surface area contributed by atoms with Crippen LogP contribution in [0.2, 0.25) is 5.02 Å². The van der Waals surface area contributed by atoms with E-state index >= 15 is 0 Å². The Balaban J connectivity index is 2.87. The van der Waals surface area contributed by atoms with E-state index in [1.165, 1.54) is 0 Å². The zero-order valence-corrected chi connectivity index (χ0v) is 7.68. The van der Waals surface area contributed by atoms with Gasteiger partial charge in [-0.2, -0.15) is 0 Å². The third-order valence-electron chi connectivity index (χ3n) is 1.94. The van der Waals surface area contributed by atoms with Crippen molar-refractivity contribution in [3.8, 4) is 0 Å². The fourth-order valence-electron chi connectivity index (χ4n) is 1.20. The molecule has 0 unspecified atom stereocenters. The van der Waals surface area contributed by atoms with Crippen LogP contribution in [-0.4, -0.2) is 9.55 Å². The first kappa shape index (κ1) is 7.62. The molecule has 3 heteroatoms. The maximum absolute atomic E-state index is 5.96. The molecule has 1 aromatic heterocycles. The second kappa shape index (κ2) is 2.49. The van der Waals surface area contributed by atoms with Crippen LogP contribution in [0.15, 0.2) is 12.1 Å². The second-order valence-corrected chi connectivity index (χ2v) is 3.27. The topological polar surface area (TPSA) is 17.8 Å². The Morgan fingerprint density at radius 2 is 2.25 bits per heavy atom. The van der Waals surface area contributed by atoms with Crippen molar-refractivity contribution in [3.63, 3.8) is 0 Å². The first-order chi connectivity index (χ1) is 5.68. The Bertz CT molecular complexity index is 431. The molecule has 12 heavy (non-hydrogen) atoms. The summed E-state index contributed by atoms with van der Waals surface area (Å²) >= 11 is 5.96. The largest absolute Gasteiger partial charge is 0.324 e. The minimum Gasteiger partial charge on any atom is -0.324 e. The van der Waals surface area contributed by atoms with Crippen molar-refractivity contribution in [2.45, 2.75) is 6.92 Å². The standard InChI is InChI=1S/C9H8ClN2/c1-6-3-8-9(4-7(6)10)12(2)5-11-8/h3-4H,1-2H3. The molecule has 0 saturated heterocycles. The van der Waals surface area contributed by atoms with Crippen LogP contribution in [-0.2, 0) is 7.05 Å². The molecule has 2 nitrogen and oxygen atoms in total. The van der Waals surface area contributed by atoms with Crippen molar-refractivity contribution in [2.24, 2.45) is 7.05 Å². The lowest BCUT2D eigenvalue weighted by Gasteiger charge is -1.98. The summed E-state index contributed by atoms with van der Waals surface area (Å²) in [5.41, 5.74) is 3.02. The Morgan fingerprint density at radius 1 is 1.50 bits per heavy atom. The Hall–Kier alpha value is -1.02. The Morgan fingerprint density at radius 3 is 3.00 bits per heavy atom. The summed E-state index contributed by atoms with van der Waals surface area (Å²) in [4.78, 5) is 4.10. The van der Waals surface area contributed by atoms with E-state index < -0.39 is 0 Å². The van der Waals surface area contributed by atoms with Crippen molar-refractivity contribution < 1.29 is 0 Å². The van der Waals surface area contributed by atoms with Gasteiger partial charge in [0.05, 0.1) is 11.0 Å². The SMILES string of the molecule is Cc1cc2n[c]n(C)c2cc1Cl. The molecule has 0 bridgehead atoms. The number of rotatable bonds is 0. The molecule has 0 atom stereocenters. The summed E-state index contributed by atoms with van der Waals surface area (Å²) in [6.07, 6.45) is 2.84. The van der Waals surface area contributed by atoms with Gasteiger partial charge in [-0.25, -0.2) is 4.98 Å². The first-order valence-electron chi connectivity index (χ1n) is 3.69. The van der Waals surface area contributed by atoms with Crippen LogP contribution < -0.4 is 0 Å². The van der Waals surface area contributed by atoms with Crippen LogP contribution in [0.4, 0.5) is 0 Å². The van der Waals surface area contributed by atoms with E-state index in [2.05, 4.69) is 11.3 Å². The van der Waals surface area contributed by atoms with Crippen LogP contribution in [0.25, 0.3) is 11.0 Å². The van der Waals surface area contributed by atoms with Crippen molar-refractivity contribution in [1.82, 2.24) is 9.55 Å². The van der Waals surface area contributed by atoms with Gasteiger partial charge in [-0.1, -0.05) is 11.6 Å². The summed E-state index contributed by atoms with van der Waals surface area (Å²) in [7, 11) is 1.90. The van der Waals surface area contributed by atoms with Crippen LogP contribution in [0.1, 0.15) is 5.56 Å². The van der Waals surface area contributed by atoms with Gasteiger partial charge in [-0.05, 0) is 24.6 Å². The summed E-state index contributed by atoms with van der Waals surface area (Å²) < 4.78 is 1.83. The summed E-state index contributed by atoms with van der Waals surface area (Å²) in [5, 5.41) is 0.777. The van der Waals surface area contributed by atoms with Crippen LogP contribution in [0, 0.1) is 13.3 Å². The fraction of sp³-hybridized carbons (Fsp3) is 0.222. The second-order valence-electron chi connectivity index (χ2n) is 2.86. The molecule has 0 aliphatic carbocycles. The number of aryl methyl sites for hydroxylation is 2. The van der Waals surface area contributed by atoms with Gasteiger partial charge >= 0.3 is 0 Å². The lowest BCUT2D eigenvalue weighted by molar-refractivity contribution is 0.936. The van der Waals surface area contributed by atoms with Gasteiger partial charge in [0.25, 0.3) is 0 Å². The lowest BCUT2D eigenvalue weighted by Crippen LogP contribution is -1.84. The molecular formula is C9H8ClN2. The van der Waals surface area contributed by atoms with E-state index in [0.29, 0.717) is 0 Å². The number of halogens is 1. The van der Waals surface area contributed by atoms with Crippen molar-refractivity contribution in [3.05, 3.63) is 29.0 Å². The average molecular weight is 180 g/mol. The predicted octanol–water partition coefficient (Wildman–Crippen LogP) is 2.34. The molecule has 0 spiro atoms. The molecule has 2 rings (SSSR count). The normalized spacial score (nSPS) is 10.9. The summed E-state index contributed by atoms with van der Waals surface area (Å²) in [6, 6.07) is 3.88. The number of imidazole rings is 1. The molecule has 1 aromatic carbocycles. The van der Waals surface area contributed by atoms with E-state index in [9.17, 15) is 0 Å². The maximum Gasteiger partial charge on any atom is 0.177 e. The molecule has 61 valence electrons. The van der Waals surface area contributed by atoms with E-state index in [1.54, 1.807) is 0 Å². The van der Waals surface area contributed by atoms with Crippen LogP contribution in [0.3, 0.4) is 0 Å². The number of benzene rings is 1. The summed E-state index contributed by atoms with van der Waals surface area (Å²) in [6.45, 7) is 1.97. The summed E-state index contributed by atoms with van der Waals surface area (Å²) in [5.74, 6) is 0. The Labute approximate surface area is 75.8 Å². The zero-order chi connectivity index (χ0) is 8.72. The van der Waals surface area contributed by atoms with E-state index in [-0.39, 0.29) is 0 Å². The number of hydrogen-bond donors (Lipinski definition) is 0. The number of fused-ring (bicyclic) bond motifs is 1. The van der Waals surface area contributed by atoms with Crippen LogP contribution in [0.5, 0.6) is 0 Å². The highest BCUT2D eigenvalue weighted by Gasteiger charge is 2.02. The smallest absolute Gasteiger partial charge is 0.177 e. The molecule has 0 N–H and O–H groups in total. The minimum absolute atomic E-state index is 0.777. The molecular weight excluding hydrogens is 172 g/mol. The van der Waals surface area contributed by atoms with Gasteiger partial charge in [0, 0.05) is 12.1 Å². The lowest BCUT2D eigenvalue weighted by atomic mass is 10.2. The Kier molecular flexibility index (Phi) is 1.58. The van der Waals surface area contributed by atoms with Crippen LogP contribution >= 0.6 is 11.6 Å². The first-order valence-corrected chi connectivity index (χ1v) is 4.06. The van der Waals surface area contributed by atoms with Gasteiger partial charge < -0.3 is 4.57 Å². The van der Waals surface area contributed by atoms with Crippen molar-refractivity contribution in [1.29, 1.82) is 0 Å². The average Bonchev–Trinajstić information content (AvgIpc) is 2.35. The minimum atomic E-state index is 0.777. The third-order valence-corrected chi connectivity index (χ3v) is 2.34. The fourth-order valence-corrected chi connectivity index (χ4v) is 1.35. The quantitative estimate of drug-likeness (QED) is 0.607. The van der Waals surface area contributed by atoms with E-state index in [4.69, 9.17) is 11.6 Å². The monoisotopic (exact) mass is 179 g/mol. The highest BCUT2D eigenvalue weighted by Crippen LogP contribution is 2.21. The molecule has 0 amide bonds. The molecule has 0 aliphatic heterocycles. The third kappa shape index (κ3) is 0.994. The van der Waals surface area contributed by atoms with Gasteiger partial charge in [-0.3, -0.25) is 0 Å². The van der Waals surface area contributed by atoms with E-state index in [1.807, 2.05) is 30.7 Å². The number of nitrogens with zero attached hydrogens (tertiary/aromatic N) is 2. The zero-order valence-electron chi connectivity index (χ0n) is 6.93. The van der Waals surface area contributed by atoms with Crippen molar-refractivity contribution in [2.75, 3.05) is 0 Å². The van der Waals surface area contributed by atoms with Gasteiger partial charge in [0.15, 0.2) is 6.33 Å². The van der Waals surface area contributed by atoms with Gasteiger partial charge in [-0.15, -0.1) is 0 Å². The molecule has 0 saturated carbocycles. The van der Waals surface area contributed by atoms with Crippen molar-refractivity contribution >= 4 is 22.6 Å². The highest BCUT2D eigenvalue weighted by atomic mass is 35.5. The number of aromatic nitrogens is 2. The molecule has 0 fully saturated rings. The molecule has 0 aliphatic rings. The van der Waals surface area contributed by atoms with Gasteiger partial charge in [0.1, 0.15) is 0 Å². The molecule has 1 radical (unpaired) electrons. The number of hydrogen-bond acceptors (Lipinski definition) is 1. The van der Waals surface area contributed by atoms with Gasteiger partial charge in [0.2, 0.25) is 0 Å². The molecule has 2 aromatic rings. The molecule has 1 heterocycles. The maximum atomic E-state index is 5.96. The van der Waals surface area contributed by atoms with E-state index in [0.717, 1.165) is 21.6 Å².